The number of carbonyl (C=O) groups is 1. The Morgan fingerprint density at radius 2 is 1.96 bits per heavy atom. The lowest BCUT2D eigenvalue weighted by Gasteiger charge is -2.14. The van der Waals surface area contributed by atoms with E-state index in [1.54, 1.807) is 10.6 Å². The molecule has 24 heavy (non-hydrogen) atoms. The normalized spacial score (nSPS) is 12.0. The van der Waals surface area contributed by atoms with Crippen molar-refractivity contribution in [1.29, 1.82) is 0 Å². The molecule has 1 N–H and O–H groups in total. The van der Waals surface area contributed by atoms with Gasteiger partial charge in [0.1, 0.15) is 0 Å². The molecule has 0 aliphatic heterocycles. The van der Waals surface area contributed by atoms with Gasteiger partial charge in [-0.1, -0.05) is 41.5 Å². The highest BCUT2D eigenvalue weighted by Crippen LogP contribution is 2.09. The van der Waals surface area contributed by atoms with Crippen molar-refractivity contribution in [1.82, 2.24) is 19.9 Å². The monoisotopic (exact) mass is 324 g/mol. The van der Waals surface area contributed by atoms with Gasteiger partial charge in [-0.15, -0.1) is 5.10 Å². The molecule has 0 unspecified atom stereocenters. The van der Waals surface area contributed by atoms with Gasteiger partial charge < -0.3 is 10.1 Å². The van der Waals surface area contributed by atoms with Crippen LogP contribution in [0, 0.1) is 0 Å². The zero-order chi connectivity index (χ0) is 16.8. The molecule has 0 aliphatic rings. The molecule has 1 atom stereocenters. The van der Waals surface area contributed by atoms with Gasteiger partial charge in [-0.25, -0.2) is 0 Å². The lowest BCUT2D eigenvalue weighted by Crippen LogP contribution is -2.36. The van der Waals surface area contributed by atoms with Crippen LogP contribution in [0.3, 0.4) is 0 Å². The van der Waals surface area contributed by atoms with E-state index in [1.807, 2.05) is 43.3 Å². The van der Waals surface area contributed by atoms with Crippen LogP contribution in [0.15, 0.2) is 54.7 Å². The van der Waals surface area contributed by atoms with Crippen molar-refractivity contribution < 1.29 is 9.53 Å². The third-order valence-corrected chi connectivity index (χ3v) is 3.73. The number of pyridine rings is 1. The first-order valence-electron chi connectivity index (χ1n) is 7.98. The zero-order valence-corrected chi connectivity index (χ0v) is 13.6. The molecule has 0 spiro atoms. The molecular formula is C18H20N4O2. The van der Waals surface area contributed by atoms with Crippen molar-refractivity contribution in [3.8, 4) is 6.01 Å². The highest BCUT2D eigenvalue weighted by atomic mass is 16.5. The number of benzene rings is 1. The summed E-state index contributed by atoms with van der Waals surface area (Å²) in [5.41, 5.74) is 1.95. The number of aromatic nitrogens is 3. The number of ether oxygens (including phenoxy) is 1. The summed E-state index contributed by atoms with van der Waals surface area (Å²) >= 11 is 0. The van der Waals surface area contributed by atoms with E-state index in [0.29, 0.717) is 11.7 Å². The average molecular weight is 324 g/mol. The molecule has 6 nitrogen and oxygen atoms in total. The van der Waals surface area contributed by atoms with Crippen LogP contribution in [0.5, 0.6) is 6.01 Å². The summed E-state index contributed by atoms with van der Waals surface area (Å²) in [6, 6.07) is 16.2. The van der Waals surface area contributed by atoms with Gasteiger partial charge in [0.25, 0.3) is 5.91 Å². The van der Waals surface area contributed by atoms with E-state index >= 15 is 0 Å². The van der Waals surface area contributed by atoms with Crippen LogP contribution in [-0.4, -0.2) is 33.2 Å². The quantitative estimate of drug-likeness (QED) is 0.724. The van der Waals surface area contributed by atoms with Crippen LogP contribution < -0.4 is 10.1 Å². The third-order valence-electron chi connectivity index (χ3n) is 3.73. The van der Waals surface area contributed by atoms with Crippen LogP contribution in [-0.2, 0) is 11.2 Å². The van der Waals surface area contributed by atoms with Gasteiger partial charge in [-0.05, 0) is 37.5 Å². The van der Waals surface area contributed by atoms with Gasteiger partial charge in [-0.3, -0.25) is 9.20 Å². The van der Waals surface area contributed by atoms with Gasteiger partial charge in [0.15, 0.2) is 12.3 Å². The molecule has 1 aromatic carbocycles. The Labute approximate surface area is 140 Å². The molecule has 1 amide bonds. The fraction of sp³-hybridized carbons (Fsp3) is 0.278. The fourth-order valence-corrected chi connectivity index (χ4v) is 2.46. The molecule has 2 heterocycles. The summed E-state index contributed by atoms with van der Waals surface area (Å²) in [6.45, 7) is 1.92. The van der Waals surface area contributed by atoms with Gasteiger partial charge in [0, 0.05) is 12.2 Å². The van der Waals surface area contributed by atoms with E-state index in [0.717, 1.165) is 12.8 Å². The predicted octanol–water partition coefficient (Wildman–Crippen LogP) is 2.25. The van der Waals surface area contributed by atoms with E-state index in [9.17, 15) is 4.79 Å². The molecule has 0 aliphatic carbocycles. The molecule has 0 saturated heterocycles. The maximum Gasteiger partial charge on any atom is 0.322 e. The van der Waals surface area contributed by atoms with Crippen molar-refractivity contribution in [3.05, 3.63) is 60.3 Å². The number of amides is 1. The third kappa shape index (κ3) is 4.10. The zero-order valence-electron chi connectivity index (χ0n) is 13.6. The maximum atomic E-state index is 12.0. The number of nitrogens with zero attached hydrogens (tertiary/aromatic N) is 3. The summed E-state index contributed by atoms with van der Waals surface area (Å²) in [6.07, 6.45) is 3.60. The summed E-state index contributed by atoms with van der Waals surface area (Å²) in [5, 5.41) is 10.8. The summed E-state index contributed by atoms with van der Waals surface area (Å²) < 4.78 is 7.16. The van der Waals surface area contributed by atoms with Crippen molar-refractivity contribution in [2.75, 3.05) is 6.61 Å². The minimum Gasteiger partial charge on any atom is -0.453 e. The Kier molecular flexibility index (Phi) is 5.05. The molecule has 0 radical (unpaired) electrons. The molecule has 124 valence electrons. The van der Waals surface area contributed by atoms with Crippen LogP contribution >= 0.6 is 0 Å². The van der Waals surface area contributed by atoms with Crippen molar-refractivity contribution in [2.45, 2.75) is 25.8 Å². The predicted molar refractivity (Wildman–Crippen MR) is 90.8 cm³/mol. The van der Waals surface area contributed by atoms with Gasteiger partial charge in [0.2, 0.25) is 0 Å². The van der Waals surface area contributed by atoms with Crippen molar-refractivity contribution in [2.24, 2.45) is 0 Å². The standard InChI is InChI=1S/C18H20N4O2/c1-14(10-11-15-7-3-2-4-8-15)19-17(23)13-24-18-21-20-16-9-5-6-12-22(16)18/h2-9,12,14H,10-11,13H2,1H3,(H,19,23)/t14-/m0/s1. The van der Waals surface area contributed by atoms with Gasteiger partial charge in [-0.2, -0.15) is 0 Å². The number of rotatable bonds is 7. The summed E-state index contributed by atoms with van der Waals surface area (Å²) in [5.74, 6) is -0.164. The topological polar surface area (TPSA) is 68.5 Å². The van der Waals surface area contributed by atoms with Crippen LogP contribution in [0.4, 0.5) is 0 Å². The second-order valence-electron chi connectivity index (χ2n) is 5.69. The smallest absolute Gasteiger partial charge is 0.322 e. The summed E-state index contributed by atoms with van der Waals surface area (Å²) in [4.78, 5) is 12.0. The molecule has 0 fully saturated rings. The molecule has 2 aromatic heterocycles. The Hall–Kier alpha value is -2.89. The molecular weight excluding hydrogens is 304 g/mol. The molecule has 0 saturated carbocycles. The number of nitrogens with one attached hydrogen (secondary N) is 1. The number of hydrogen-bond acceptors (Lipinski definition) is 4. The Morgan fingerprint density at radius 3 is 2.79 bits per heavy atom. The second-order valence-corrected chi connectivity index (χ2v) is 5.69. The fourth-order valence-electron chi connectivity index (χ4n) is 2.46. The van der Waals surface area contributed by atoms with Crippen molar-refractivity contribution in [3.63, 3.8) is 0 Å². The Morgan fingerprint density at radius 1 is 1.17 bits per heavy atom. The van der Waals surface area contributed by atoms with E-state index in [4.69, 9.17) is 4.74 Å². The van der Waals surface area contributed by atoms with Crippen LogP contribution in [0.25, 0.3) is 5.65 Å². The summed E-state index contributed by atoms with van der Waals surface area (Å²) in [7, 11) is 0. The SMILES string of the molecule is C[C@@H](CCc1ccccc1)NC(=O)COc1nnc2ccccn12. The van der Waals surface area contributed by atoms with E-state index in [-0.39, 0.29) is 18.6 Å². The molecule has 6 heteroatoms. The number of hydrogen-bond donors (Lipinski definition) is 1. The maximum absolute atomic E-state index is 12.0. The minimum atomic E-state index is -0.164. The first-order valence-corrected chi connectivity index (χ1v) is 7.98. The first kappa shape index (κ1) is 16.0. The number of fused-ring (bicyclic) bond motifs is 1. The Bertz CT molecular complexity index is 801. The molecule has 0 bridgehead atoms. The highest BCUT2D eigenvalue weighted by molar-refractivity contribution is 5.77. The van der Waals surface area contributed by atoms with Crippen LogP contribution in [0.2, 0.25) is 0 Å². The molecule has 3 aromatic rings. The lowest BCUT2D eigenvalue weighted by atomic mass is 10.1. The molecule has 3 rings (SSSR count). The Balaban J connectivity index is 1.45. The van der Waals surface area contributed by atoms with Crippen LogP contribution in [0.1, 0.15) is 18.9 Å². The lowest BCUT2D eigenvalue weighted by molar-refractivity contribution is -0.123. The minimum absolute atomic E-state index is 0.0780. The average Bonchev–Trinajstić information content (AvgIpc) is 3.02. The van der Waals surface area contributed by atoms with E-state index in [1.165, 1.54) is 5.56 Å². The number of carbonyl (C=O) groups excluding carboxylic acids is 1. The van der Waals surface area contributed by atoms with Gasteiger partial charge >= 0.3 is 6.01 Å². The van der Waals surface area contributed by atoms with Gasteiger partial charge in [0.05, 0.1) is 0 Å². The van der Waals surface area contributed by atoms with Crippen molar-refractivity contribution >= 4 is 11.6 Å². The van der Waals surface area contributed by atoms with E-state index in [2.05, 4.69) is 27.6 Å². The largest absolute Gasteiger partial charge is 0.453 e. The second kappa shape index (κ2) is 7.59. The number of aryl methyl sites for hydroxylation is 1. The first-order chi connectivity index (χ1) is 11.7. The highest BCUT2D eigenvalue weighted by Gasteiger charge is 2.11. The van der Waals surface area contributed by atoms with E-state index < -0.39 is 0 Å².